The highest BCUT2D eigenvalue weighted by atomic mass is 79.9. The highest BCUT2D eigenvalue weighted by Gasteiger charge is 2.31. The number of morpholine rings is 1. The quantitative estimate of drug-likeness (QED) is 0.885. The molecule has 0 bridgehead atoms. The number of halogens is 1. The minimum Gasteiger partial charge on any atom is -0.397 e. The molecule has 0 saturated carbocycles. The molecule has 2 unspecified atom stereocenters. The van der Waals surface area contributed by atoms with Crippen LogP contribution in [0.25, 0.3) is 0 Å². The number of nitrogen functional groups attached to an aromatic ring is 1. The number of ether oxygens (including phenoxy) is 1. The molecule has 1 aromatic rings. The van der Waals surface area contributed by atoms with Crippen LogP contribution in [0.1, 0.15) is 12.8 Å². The van der Waals surface area contributed by atoms with Crippen molar-refractivity contribution in [2.75, 3.05) is 37.3 Å². The van der Waals surface area contributed by atoms with Crippen molar-refractivity contribution in [1.29, 1.82) is 0 Å². The lowest BCUT2D eigenvalue weighted by molar-refractivity contribution is -0.0416. The van der Waals surface area contributed by atoms with Crippen LogP contribution in [0.4, 0.5) is 11.5 Å². The van der Waals surface area contributed by atoms with Gasteiger partial charge in [0, 0.05) is 19.1 Å². The Morgan fingerprint density at radius 1 is 1.58 bits per heavy atom. The van der Waals surface area contributed by atoms with Gasteiger partial charge >= 0.3 is 0 Å². The van der Waals surface area contributed by atoms with Crippen molar-refractivity contribution < 1.29 is 4.74 Å². The third kappa shape index (κ3) is 3.01. The second kappa shape index (κ2) is 5.64. The van der Waals surface area contributed by atoms with Crippen molar-refractivity contribution in [3.8, 4) is 0 Å². The number of hydrogen-bond donors (Lipinski definition) is 2. The molecule has 19 heavy (non-hydrogen) atoms. The fourth-order valence-corrected chi connectivity index (χ4v) is 3.31. The van der Waals surface area contributed by atoms with E-state index < -0.39 is 0 Å². The fourth-order valence-electron chi connectivity index (χ4n) is 2.80. The lowest BCUT2D eigenvalue weighted by Crippen LogP contribution is -2.48. The molecule has 3 N–H and O–H groups in total. The number of aromatic nitrogens is 1. The average molecular weight is 327 g/mol. The number of nitrogens with one attached hydrogen (secondary N) is 1. The maximum atomic E-state index is 5.91. The minimum atomic E-state index is 0.237. The second-order valence-corrected chi connectivity index (χ2v) is 6.08. The first-order chi connectivity index (χ1) is 9.22. The Morgan fingerprint density at radius 2 is 2.47 bits per heavy atom. The number of pyridine rings is 1. The molecule has 6 heteroatoms. The van der Waals surface area contributed by atoms with Crippen LogP contribution < -0.4 is 11.1 Å². The first kappa shape index (κ1) is 13.1. The van der Waals surface area contributed by atoms with Gasteiger partial charge in [-0.05, 0) is 41.4 Å². The summed E-state index contributed by atoms with van der Waals surface area (Å²) in [6, 6.07) is 2.51. The molecule has 1 aromatic heterocycles. The Balaban J connectivity index is 1.54. The Kier molecular flexibility index (Phi) is 3.91. The van der Waals surface area contributed by atoms with Gasteiger partial charge in [0.1, 0.15) is 5.82 Å². The third-order valence-corrected chi connectivity index (χ3v) is 4.43. The van der Waals surface area contributed by atoms with Crippen molar-refractivity contribution in [2.24, 2.45) is 0 Å². The standard InChI is InChI=1S/C13H19BrN4O/c14-12-4-9(15)5-16-13(12)17-6-11-7-18-3-1-2-10(18)8-19-11/h4-5,10-11H,1-3,6-8,15H2,(H,16,17). The number of anilines is 2. The summed E-state index contributed by atoms with van der Waals surface area (Å²) >= 11 is 3.46. The van der Waals surface area contributed by atoms with Gasteiger partial charge in [0.15, 0.2) is 0 Å². The summed E-state index contributed by atoms with van der Waals surface area (Å²) in [7, 11) is 0. The molecule has 2 saturated heterocycles. The molecule has 3 rings (SSSR count). The highest BCUT2D eigenvalue weighted by Crippen LogP contribution is 2.24. The zero-order valence-electron chi connectivity index (χ0n) is 10.8. The van der Waals surface area contributed by atoms with Gasteiger partial charge in [-0.15, -0.1) is 0 Å². The smallest absolute Gasteiger partial charge is 0.140 e. The van der Waals surface area contributed by atoms with Crippen LogP contribution in [0.2, 0.25) is 0 Å². The highest BCUT2D eigenvalue weighted by molar-refractivity contribution is 9.10. The van der Waals surface area contributed by atoms with Gasteiger partial charge in [0.25, 0.3) is 0 Å². The SMILES string of the molecule is Nc1cnc(NCC2CN3CCCC3CO2)c(Br)c1. The summed E-state index contributed by atoms with van der Waals surface area (Å²) in [4.78, 5) is 6.82. The molecule has 2 fully saturated rings. The van der Waals surface area contributed by atoms with Gasteiger partial charge in [-0.1, -0.05) is 0 Å². The van der Waals surface area contributed by atoms with Crippen molar-refractivity contribution in [3.05, 3.63) is 16.7 Å². The largest absolute Gasteiger partial charge is 0.397 e. The van der Waals surface area contributed by atoms with E-state index in [-0.39, 0.29) is 6.10 Å². The van der Waals surface area contributed by atoms with Crippen LogP contribution in [0.3, 0.4) is 0 Å². The van der Waals surface area contributed by atoms with E-state index in [1.54, 1.807) is 6.20 Å². The summed E-state index contributed by atoms with van der Waals surface area (Å²) in [6.07, 6.45) is 4.48. The first-order valence-corrected chi connectivity index (χ1v) is 7.52. The molecule has 2 aliphatic heterocycles. The maximum absolute atomic E-state index is 5.91. The summed E-state index contributed by atoms with van der Waals surface area (Å²) in [5.74, 6) is 0.821. The van der Waals surface area contributed by atoms with Gasteiger partial charge < -0.3 is 15.8 Å². The summed E-state index contributed by atoms with van der Waals surface area (Å²) in [6.45, 7) is 3.88. The van der Waals surface area contributed by atoms with Crippen LogP contribution >= 0.6 is 15.9 Å². The van der Waals surface area contributed by atoms with E-state index in [1.165, 1.54) is 19.4 Å². The van der Waals surface area contributed by atoms with E-state index >= 15 is 0 Å². The zero-order valence-corrected chi connectivity index (χ0v) is 12.4. The average Bonchev–Trinajstić information content (AvgIpc) is 2.85. The van der Waals surface area contributed by atoms with Crippen molar-refractivity contribution in [2.45, 2.75) is 25.0 Å². The number of fused-ring (bicyclic) bond motifs is 1. The van der Waals surface area contributed by atoms with E-state index in [0.717, 1.165) is 30.0 Å². The van der Waals surface area contributed by atoms with Gasteiger partial charge in [-0.2, -0.15) is 0 Å². The Bertz CT molecular complexity index is 456. The van der Waals surface area contributed by atoms with Crippen LogP contribution in [-0.2, 0) is 4.74 Å². The van der Waals surface area contributed by atoms with E-state index in [4.69, 9.17) is 10.5 Å². The number of rotatable bonds is 3. The van der Waals surface area contributed by atoms with Crippen LogP contribution in [0.15, 0.2) is 16.7 Å². The van der Waals surface area contributed by atoms with Crippen molar-refractivity contribution in [1.82, 2.24) is 9.88 Å². The predicted octanol–water partition coefficient (Wildman–Crippen LogP) is 1.70. The van der Waals surface area contributed by atoms with Crippen molar-refractivity contribution >= 4 is 27.4 Å². The maximum Gasteiger partial charge on any atom is 0.140 e. The second-order valence-electron chi connectivity index (χ2n) is 5.23. The van der Waals surface area contributed by atoms with Crippen LogP contribution in [0.5, 0.6) is 0 Å². The predicted molar refractivity (Wildman–Crippen MR) is 79.2 cm³/mol. The first-order valence-electron chi connectivity index (χ1n) is 6.73. The molecule has 0 spiro atoms. The molecule has 5 nitrogen and oxygen atoms in total. The molecule has 0 aromatic carbocycles. The summed E-state index contributed by atoms with van der Waals surface area (Å²) < 4.78 is 6.80. The molecule has 0 aliphatic carbocycles. The molecule has 104 valence electrons. The summed E-state index contributed by atoms with van der Waals surface area (Å²) in [5, 5.41) is 3.32. The van der Waals surface area contributed by atoms with Gasteiger partial charge in [0.05, 0.1) is 29.1 Å². The monoisotopic (exact) mass is 326 g/mol. The fraction of sp³-hybridized carbons (Fsp3) is 0.615. The van der Waals surface area contributed by atoms with E-state index in [9.17, 15) is 0 Å². The number of hydrogen-bond acceptors (Lipinski definition) is 5. The van der Waals surface area contributed by atoms with E-state index in [1.807, 2.05) is 6.07 Å². The van der Waals surface area contributed by atoms with Gasteiger partial charge in [0.2, 0.25) is 0 Å². The topological polar surface area (TPSA) is 63.4 Å². The Labute approximate surface area is 121 Å². The molecule has 2 aliphatic rings. The Morgan fingerprint density at radius 3 is 3.32 bits per heavy atom. The molecular weight excluding hydrogens is 308 g/mol. The van der Waals surface area contributed by atoms with Crippen LogP contribution in [0, 0.1) is 0 Å². The van der Waals surface area contributed by atoms with Crippen LogP contribution in [-0.4, -0.2) is 48.3 Å². The Hall–Kier alpha value is -0.850. The zero-order chi connectivity index (χ0) is 13.2. The van der Waals surface area contributed by atoms with Gasteiger partial charge in [-0.25, -0.2) is 4.98 Å². The molecule has 0 amide bonds. The summed E-state index contributed by atoms with van der Waals surface area (Å²) in [5.41, 5.74) is 6.33. The molecule has 3 heterocycles. The molecule has 2 atom stereocenters. The normalized spacial score (nSPS) is 27.2. The molecule has 0 radical (unpaired) electrons. The van der Waals surface area contributed by atoms with Gasteiger partial charge in [-0.3, -0.25) is 4.90 Å². The number of nitrogens with zero attached hydrogens (tertiary/aromatic N) is 2. The number of nitrogens with two attached hydrogens (primary N) is 1. The van der Waals surface area contributed by atoms with E-state index in [2.05, 4.69) is 31.1 Å². The lowest BCUT2D eigenvalue weighted by atomic mass is 10.2. The minimum absolute atomic E-state index is 0.237. The molecular formula is C13H19BrN4O. The van der Waals surface area contributed by atoms with Crippen molar-refractivity contribution in [3.63, 3.8) is 0 Å². The third-order valence-electron chi connectivity index (χ3n) is 3.82. The van der Waals surface area contributed by atoms with E-state index in [0.29, 0.717) is 11.7 Å². The lowest BCUT2D eigenvalue weighted by Gasteiger charge is -2.35.